The van der Waals surface area contributed by atoms with Crippen LogP contribution >= 0.6 is 11.6 Å². The van der Waals surface area contributed by atoms with Crippen LogP contribution in [0.15, 0.2) is 60.8 Å². The van der Waals surface area contributed by atoms with Crippen molar-refractivity contribution in [2.24, 2.45) is 0 Å². The SMILES string of the molecule is O=C1CC(c2ccc(Cl)cc2)Cc2c1cnc1nc(-c3ccccc3)nn21. The first-order valence-electron chi connectivity index (χ1n) is 8.78. The summed E-state index contributed by atoms with van der Waals surface area (Å²) in [6.07, 6.45) is 2.80. The van der Waals surface area contributed by atoms with E-state index in [-0.39, 0.29) is 11.7 Å². The molecule has 2 heterocycles. The van der Waals surface area contributed by atoms with Crippen molar-refractivity contribution in [2.45, 2.75) is 18.8 Å². The van der Waals surface area contributed by atoms with E-state index in [1.165, 1.54) is 0 Å². The number of rotatable bonds is 2. The van der Waals surface area contributed by atoms with Gasteiger partial charge in [0.25, 0.3) is 5.78 Å². The van der Waals surface area contributed by atoms with Gasteiger partial charge in [-0.25, -0.2) is 4.98 Å². The third-order valence-corrected chi connectivity index (χ3v) is 5.26. The molecule has 0 aliphatic heterocycles. The molecular weight excluding hydrogens is 360 g/mol. The minimum Gasteiger partial charge on any atom is -0.294 e. The number of carbonyl (C=O) groups excluding carboxylic acids is 1. The maximum Gasteiger partial charge on any atom is 0.252 e. The van der Waals surface area contributed by atoms with Crippen LogP contribution in [0.3, 0.4) is 0 Å². The summed E-state index contributed by atoms with van der Waals surface area (Å²) >= 11 is 6.00. The lowest BCUT2D eigenvalue weighted by Gasteiger charge is -2.23. The van der Waals surface area contributed by atoms with Crippen molar-refractivity contribution in [3.05, 3.63) is 82.6 Å². The number of halogens is 1. The maximum atomic E-state index is 12.7. The van der Waals surface area contributed by atoms with Gasteiger partial charge in [0, 0.05) is 23.2 Å². The molecular formula is C21H15ClN4O. The van der Waals surface area contributed by atoms with Crippen LogP contribution in [0.5, 0.6) is 0 Å². The zero-order valence-corrected chi connectivity index (χ0v) is 15.1. The second-order valence-corrected chi connectivity index (χ2v) is 7.15. The third-order valence-electron chi connectivity index (χ3n) is 5.01. The van der Waals surface area contributed by atoms with Gasteiger partial charge in [0.05, 0.1) is 11.3 Å². The molecule has 132 valence electrons. The summed E-state index contributed by atoms with van der Waals surface area (Å²) in [5.74, 6) is 1.30. The van der Waals surface area contributed by atoms with Crippen LogP contribution < -0.4 is 0 Å². The minimum absolute atomic E-state index is 0.0855. The predicted octanol–water partition coefficient (Wildman–Crippen LogP) is 4.36. The molecule has 6 heteroatoms. The van der Waals surface area contributed by atoms with Crippen LogP contribution in [0.25, 0.3) is 17.2 Å². The molecule has 5 nitrogen and oxygen atoms in total. The molecule has 1 atom stereocenters. The Morgan fingerprint density at radius 3 is 2.56 bits per heavy atom. The normalized spacial score (nSPS) is 16.5. The molecule has 1 aliphatic rings. The second kappa shape index (κ2) is 6.28. The highest BCUT2D eigenvalue weighted by molar-refractivity contribution is 6.30. The molecule has 0 fully saturated rings. The molecule has 0 saturated heterocycles. The van der Waals surface area contributed by atoms with Crippen molar-refractivity contribution < 1.29 is 4.79 Å². The first-order valence-corrected chi connectivity index (χ1v) is 9.15. The molecule has 5 rings (SSSR count). The van der Waals surface area contributed by atoms with Crippen LogP contribution in [0.2, 0.25) is 5.02 Å². The molecule has 4 aromatic rings. The highest BCUT2D eigenvalue weighted by Crippen LogP contribution is 2.33. The maximum absolute atomic E-state index is 12.7. The van der Waals surface area contributed by atoms with Gasteiger partial charge in [-0.2, -0.15) is 9.50 Å². The van der Waals surface area contributed by atoms with Crippen LogP contribution in [0.4, 0.5) is 0 Å². The standard InChI is InChI=1S/C21H15ClN4O/c22-16-8-6-13(7-9-16)15-10-18-17(19(27)11-15)12-23-21-24-20(25-26(18)21)14-4-2-1-3-5-14/h1-9,12,15H,10-11H2. The minimum atomic E-state index is 0.0855. The molecule has 1 aliphatic carbocycles. The van der Waals surface area contributed by atoms with Gasteiger partial charge in [0.2, 0.25) is 0 Å². The fraction of sp³-hybridized carbons (Fsp3) is 0.143. The highest BCUT2D eigenvalue weighted by atomic mass is 35.5. The molecule has 0 bridgehead atoms. The summed E-state index contributed by atoms with van der Waals surface area (Å²) in [5.41, 5.74) is 3.53. The van der Waals surface area contributed by atoms with E-state index in [2.05, 4.69) is 15.1 Å². The topological polar surface area (TPSA) is 60.2 Å². The predicted molar refractivity (Wildman–Crippen MR) is 103 cm³/mol. The fourth-order valence-electron chi connectivity index (χ4n) is 3.63. The summed E-state index contributed by atoms with van der Waals surface area (Å²) in [4.78, 5) is 21.6. The van der Waals surface area contributed by atoms with Gasteiger partial charge in [0.15, 0.2) is 11.6 Å². The van der Waals surface area contributed by atoms with Crippen molar-refractivity contribution in [2.75, 3.05) is 0 Å². The number of Topliss-reactive ketones (excluding diaryl/α,β-unsaturated/α-hetero) is 1. The number of ketones is 1. The Bertz CT molecular complexity index is 1150. The molecule has 0 spiro atoms. The number of fused-ring (bicyclic) bond motifs is 3. The molecule has 27 heavy (non-hydrogen) atoms. The average Bonchev–Trinajstić information content (AvgIpc) is 3.14. The van der Waals surface area contributed by atoms with Crippen molar-refractivity contribution >= 4 is 23.2 Å². The summed E-state index contributed by atoms with van der Waals surface area (Å²) in [6.45, 7) is 0. The van der Waals surface area contributed by atoms with Crippen LogP contribution in [-0.2, 0) is 6.42 Å². The number of carbonyl (C=O) groups is 1. The van der Waals surface area contributed by atoms with Crippen LogP contribution in [-0.4, -0.2) is 25.4 Å². The fourth-order valence-corrected chi connectivity index (χ4v) is 3.75. The summed E-state index contributed by atoms with van der Waals surface area (Å²) in [6, 6.07) is 17.5. The Balaban J connectivity index is 1.61. The zero-order chi connectivity index (χ0) is 18.4. The van der Waals surface area contributed by atoms with E-state index in [9.17, 15) is 4.79 Å². The van der Waals surface area contributed by atoms with Gasteiger partial charge in [-0.05, 0) is 30.0 Å². The van der Waals surface area contributed by atoms with E-state index in [0.717, 1.165) is 16.8 Å². The van der Waals surface area contributed by atoms with Gasteiger partial charge in [-0.3, -0.25) is 4.79 Å². The number of hydrogen-bond donors (Lipinski definition) is 0. The lowest BCUT2D eigenvalue weighted by Crippen LogP contribution is -2.22. The Kier molecular flexibility index (Phi) is 3.76. The molecule has 0 N–H and O–H groups in total. The van der Waals surface area contributed by atoms with E-state index in [1.54, 1.807) is 10.7 Å². The van der Waals surface area contributed by atoms with E-state index in [0.29, 0.717) is 35.0 Å². The molecule has 2 aromatic heterocycles. The van der Waals surface area contributed by atoms with Gasteiger partial charge >= 0.3 is 0 Å². The van der Waals surface area contributed by atoms with E-state index < -0.39 is 0 Å². The monoisotopic (exact) mass is 374 g/mol. The number of aromatic nitrogens is 4. The Labute approximate surface area is 160 Å². The second-order valence-electron chi connectivity index (χ2n) is 6.71. The molecule has 0 saturated carbocycles. The van der Waals surface area contributed by atoms with E-state index in [1.807, 2.05) is 54.6 Å². The first-order chi connectivity index (χ1) is 13.2. The molecule has 0 radical (unpaired) electrons. The van der Waals surface area contributed by atoms with E-state index in [4.69, 9.17) is 11.6 Å². The van der Waals surface area contributed by atoms with Gasteiger partial charge in [-0.1, -0.05) is 54.1 Å². The largest absolute Gasteiger partial charge is 0.294 e. The lowest BCUT2D eigenvalue weighted by atomic mass is 9.82. The molecule has 0 amide bonds. The highest BCUT2D eigenvalue weighted by Gasteiger charge is 2.29. The Morgan fingerprint density at radius 2 is 1.78 bits per heavy atom. The zero-order valence-electron chi connectivity index (χ0n) is 14.3. The van der Waals surface area contributed by atoms with Crippen molar-refractivity contribution in [3.63, 3.8) is 0 Å². The Hall–Kier alpha value is -3.05. The average molecular weight is 375 g/mol. The van der Waals surface area contributed by atoms with Crippen molar-refractivity contribution in [1.82, 2.24) is 19.6 Å². The molecule has 1 unspecified atom stereocenters. The first kappa shape index (κ1) is 16.1. The van der Waals surface area contributed by atoms with Gasteiger partial charge in [0.1, 0.15) is 0 Å². The van der Waals surface area contributed by atoms with Crippen LogP contribution in [0, 0.1) is 0 Å². The number of hydrogen-bond acceptors (Lipinski definition) is 4. The quantitative estimate of drug-likeness (QED) is 0.523. The summed E-state index contributed by atoms with van der Waals surface area (Å²) in [7, 11) is 0. The number of benzene rings is 2. The molecule has 2 aromatic carbocycles. The smallest absolute Gasteiger partial charge is 0.252 e. The summed E-state index contributed by atoms with van der Waals surface area (Å²) < 4.78 is 1.72. The summed E-state index contributed by atoms with van der Waals surface area (Å²) in [5, 5.41) is 5.33. The van der Waals surface area contributed by atoms with Gasteiger partial charge < -0.3 is 0 Å². The lowest BCUT2D eigenvalue weighted by molar-refractivity contribution is 0.0962. The van der Waals surface area contributed by atoms with E-state index >= 15 is 0 Å². The van der Waals surface area contributed by atoms with Gasteiger partial charge in [-0.15, -0.1) is 5.10 Å². The van der Waals surface area contributed by atoms with Crippen LogP contribution in [0.1, 0.15) is 34.0 Å². The Morgan fingerprint density at radius 1 is 1.00 bits per heavy atom. The number of nitrogens with zero attached hydrogens (tertiary/aromatic N) is 4. The van der Waals surface area contributed by atoms with Crippen molar-refractivity contribution in [1.29, 1.82) is 0 Å². The van der Waals surface area contributed by atoms with Crippen molar-refractivity contribution in [3.8, 4) is 11.4 Å². The third kappa shape index (κ3) is 2.80.